The maximum absolute atomic E-state index is 13.1. The summed E-state index contributed by atoms with van der Waals surface area (Å²) < 4.78 is 11.0. The van der Waals surface area contributed by atoms with Crippen LogP contribution in [0.25, 0.3) is 0 Å². The summed E-state index contributed by atoms with van der Waals surface area (Å²) in [6.07, 6.45) is 2.03. The van der Waals surface area contributed by atoms with Crippen LogP contribution in [0.15, 0.2) is 58.2 Å². The van der Waals surface area contributed by atoms with Crippen LogP contribution < -0.4 is 5.32 Å². The monoisotopic (exact) mass is 438 g/mol. The van der Waals surface area contributed by atoms with Crippen molar-refractivity contribution >= 4 is 17.8 Å². The Balaban J connectivity index is 1.85. The van der Waals surface area contributed by atoms with Gasteiger partial charge in [0.05, 0.1) is 18.7 Å². The van der Waals surface area contributed by atoms with Gasteiger partial charge in [-0.15, -0.1) is 0 Å². The Kier molecular flexibility index (Phi) is 7.87. The van der Waals surface area contributed by atoms with Crippen molar-refractivity contribution in [2.45, 2.75) is 52.5 Å². The highest BCUT2D eigenvalue weighted by Gasteiger charge is 2.37. The number of unbranched alkanes of at least 4 members (excludes halogenated alkanes) is 1. The third-order valence-corrected chi connectivity index (χ3v) is 5.54. The zero-order chi connectivity index (χ0) is 23.1. The number of esters is 1. The molecular weight excluding hydrogens is 408 g/mol. The zero-order valence-corrected chi connectivity index (χ0v) is 18.8. The number of nitrogens with one attached hydrogen (secondary N) is 1. The molecule has 0 saturated carbocycles. The Morgan fingerprint density at radius 3 is 2.59 bits per heavy atom. The van der Waals surface area contributed by atoms with E-state index in [2.05, 4.69) is 12.2 Å². The lowest BCUT2D eigenvalue weighted by atomic mass is 9.83. The number of rotatable bonds is 9. The predicted octanol–water partition coefficient (Wildman–Crippen LogP) is 4.16. The van der Waals surface area contributed by atoms with Gasteiger partial charge >= 0.3 is 5.97 Å². The molecule has 32 heavy (non-hydrogen) atoms. The van der Waals surface area contributed by atoms with Crippen molar-refractivity contribution in [2.75, 3.05) is 13.2 Å². The lowest BCUT2D eigenvalue weighted by Crippen LogP contribution is -2.38. The number of allylic oxidation sites excluding steroid dienone is 1. The third kappa shape index (κ3) is 5.28. The van der Waals surface area contributed by atoms with Crippen LogP contribution in [0.3, 0.4) is 0 Å². The molecule has 170 valence electrons. The number of ether oxygens (including phenoxy) is 1. The van der Waals surface area contributed by atoms with E-state index in [-0.39, 0.29) is 43.1 Å². The molecule has 0 spiro atoms. The number of amides is 2. The number of hydrogen-bond acceptors (Lipinski definition) is 5. The maximum atomic E-state index is 13.1. The molecule has 2 aromatic rings. The predicted molar refractivity (Wildman–Crippen MR) is 120 cm³/mol. The van der Waals surface area contributed by atoms with Gasteiger partial charge in [-0.25, -0.2) is 4.79 Å². The molecule has 0 bridgehead atoms. The second-order valence-electron chi connectivity index (χ2n) is 7.74. The Morgan fingerprint density at radius 2 is 1.91 bits per heavy atom. The van der Waals surface area contributed by atoms with Gasteiger partial charge in [-0.1, -0.05) is 43.7 Å². The maximum Gasteiger partial charge on any atom is 0.336 e. The number of benzene rings is 1. The van der Waals surface area contributed by atoms with Crippen LogP contribution in [0.4, 0.5) is 0 Å². The first-order chi connectivity index (χ1) is 15.5. The number of hydrogen-bond donors (Lipinski definition) is 1. The molecule has 1 unspecified atom stereocenters. The van der Waals surface area contributed by atoms with E-state index in [1.165, 1.54) is 4.90 Å². The highest BCUT2D eigenvalue weighted by molar-refractivity contribution is 5.96. The Morgan fingerprint density at radius 1 is 1.16 bits per heavy atom. The van der Waals surface area contributed by atoms with E-state index in [0.29, 0.717) is 23.6 Å². The Bertz CT molecular complexity index is 993. The van der Waals surface area contributed by atoms with Crippen molar-refractivity contribution in [1.29, 1.82) is 0 Å². The molecule has 7 nitrogen and oxygen atoms in total. The zero-order valence-electron chi connectivity index (χ0n) is 18.8. The summed E-state index contributed by atoms with van der Waals surface area (Å²) in [6, 6.07) is 12.8. The van der Waals surface area contributed by atoms with Crippen LogP contribution in [0.1, 0.15) is 67.8 Å². The van der Waals surface area contributed by atoms with Gasteiger partial charge < -0.3 is 19.4 Å². The molecular formula is C25H30N2O5. The molecule has 1 aromatic heterocycles. The largest absolute Gasteiger partial charge is 0.463 e. The molecule has 0 fully saturated rings. The first-order valence-electron chi connectivity index (χ1n) is 11.1. The second-order valence-corrected chi connectivity index (χ2v) is 7.74. The van der Waals surface area contributed by atoms with Crippen LogP contribution in [0.5, 0.6) is 0 Å². The number of nitrogens with zero attached hydrogens (tertiary/aromatic N) is 1. The summed E-state index contributed by atoms with van der Waals surface area (Å²) in [5, 5.41) is 2.81. The van der Waals surface area contributed by atoms with Gasteiger partial charge in [0.25, 0.3) is 5.91 Å². The quantitative estimate of drug-likeness (QED) is 0.469. The number of carbonyl (C=O) groups excluding carboxylic acids is 3. The molecule has 2 heterocycles. The molecule has 0 radical (unpaired) electrons. The van der Waals surface area contributed by atoms with Crippen LogP contribution in [-0.4, -0.2) is 35.8 Å². The van der Waals surface area contributed by atoms with E-state index >= 15 is 0 Å². The van der Waals surface area contributed by atoms with E-state index < -0.39 is 5.97 Å². The van der Waals surface area contributed by atoms with Gasteiger partial charge in [-0.05, 0) is 38.0 Å². The SMILES string of the molecule is CCCCNC(=O)c1ccc(CN2C(=O)CC(c3ccccc3)C(C(=O)OCC)=C2C)o1. The van der Waals surface area contributed by atoms with Crippen molar-refractivity contribution in [1.82, 2.24) is 10.2 Å². The van der Waals surface area contributed by atoms with Gasteiger partial charge in [-0.3, -0.25) is 9.59 Å². The number of furan rings is 1. The summed E-state index contributed by atoms with van der Waals surface area (Å²) >= 11 is 0. The summed E-state index contributed by atoms with van der Waals surface area (Å²) in [6.45, 7) is 6.53. The fourth-order valence-electron chi connectivity index (χ4n) is 3.85. The molecule has 3 rings (SSSR count). The smallest absolute Gasteiger partial charge is 0.336 e. The minimum absolute atomic E-state index is 0.116. The first-order valence-corrected chi connectivity index (χ1v) is 11.1. The molecule has 7 heteroatoms. The van der Waals surface area contributed by atoms with Gasteiger partial charge in [-0.2, -0.15) is 0 Å². The van der Waals surface area contributed by atoms with Gasteiger partial charge in [0.1, 0.15) is 5.76 Å². The molecule has 1 aromatic carbocycles. The normalized spacial score (nSPS) is 16.3. The topological polar surface area (TPSA) is 88.9 Å². The van der Waals surface area contributed by atoms with Crippen molar-refractivity contribution in [3.63, 3.8) is 0 Å². The summed E-state index contributed by atoms with van der Waals surface area (Å²) in [5.74, 6) is -0.509. The summed E-state index contributed by atoms with van der Waals surface area (Å²) in [4.78, 5) is 39.6. The fraction of sp³-hybridized carbons (Fsp3) is 0.400. The van der Waals surface area contributed by atoms with Gasteiger partial charge in [0.2, 0.25) is 5.91 Å². The van der Waals surface area contributed by atoms with Crippen molar-refractivity contribution < 1.29 is 23.5 Å². The van der Waals surface area contributed by atoms with E-state index in [1.807, 2.05) is 30.3 Å². The molecule has 0 aliphatic carbocycles. The summed E-state index contributed by atoms with van der Waals surface area (Å²) in [5.41, 5.74) is 1.91. The van der Waals surface area contributed by atoms with E-state index in [0.717, 1.165) is 18.4 Å². The van der Waals surface area contributed by atoms with Crippen LogP contribution >= 0.6 is 0 Å². The second kappa shape index (κ2) is 10.8. The standard InChI is InChI=1S/C25H30N2O5/c1-4-6-14-26-24(29)21-13-12-19(32-21)16-27-17(3)23(25(30)31-5-2)20(15-22(27)28)18-10-8-7-9-11-18/h7-13,20H,4-6,14-16H2,1-3H3,(H,26,29). The average Bonchev–Trinajstić information content (AvgIpc) is 3.26. The van der Waals surface area contributed by atoms with Crippen molar-refractivity contribution in [3.8, 4) is 0 Å². The van der Waals surface area contributed by atoms with Crippen molar-refractivity contribution in [3.05, 3.63) is 70.8 Å². The highest BCUT2D eigenvalue weighted by Crippen LogP contribution is 2.37. The lowest BCUT2D eigenvalue weighted by Gasteiger charge is -2.34. The Labute approximate surface area is 188 Å². The minimum atomic E-state index is -0.424. The van der Waals surface area contributed by atoms with Crippen LogP contribution in [-0.2, 0) is 20.9 Å². The van der Waals surface area contributed by atoms with Gasteiger partial charge in [0.15, 0.2) is 5.76 Å². The molecule has 1 aliphatic heterocycles. The number of carbonyl (C=O) groups is 3. The van der Waals surface area contributed by atoms with Crippen LogP contribution in [0, 0.1) is 0 Å². The lowest BCUT2D eigenvalue weighted by molar-refractivity contribution is -0.140. The van der Waals surface area contributed by atoms with Crippen LogP contribution in [0.2, 0.25) is 0 Å². The average molecular weight is 439 g/mol. The van der Waals surface area contributed by atoms with Crippen molar-refractivity contribution in [2.24, 2.45) is 0 Å². The van der Waals surface area contributed by atoms with Gasteiger partial charge in [0, 0.05) is 24.6 Å². The Hall–Kier alpha value is -3.35. The third-order valence-electron chi connectivity index (χ3n) is 5.54. The molecule has 1 atom stereocenters. The fourth-order valence-corrected chi connectivity index (χ4v) is 3.85. The summed E-state index contributed by atoms with van der Waals surface area (Å²) in [7, 11) is 0. The van der Waals surface area contributed by atoms with E-state index in [4.69, 9.17) is 9.15 Å². The molecule has 1 N–H and O–H groups in total. The molecule has 2 amide bonds. The first kappa shape index (κ1) is 23.3. The molecule has 0 saturated heterocycles. The van der Waals surface area contributed by atoms with E-state index in [1.54, 1.807) is 26.0 Å². The molecule has 1 aliphatic rings. The highest BCUT2D eigenvalue weighted by atomic mass is 16.5. The minimum Gasteiger partial charge on any atom is -0.463 e. The van der Waals surface area contributed by atoms with E-state index in [9.17, 15) is 14.4 Å².